The van der Waals surface area contributed by atoms with E-state index in [2.05, 4.69) is 34.3 Å². The van der Waals surface area contributed by atoms with Crippen molar-refractivity contribution in [1.82, 2.24) is 15.1 Å². The summed E-state index contributed by atoms with van der Waals surface area (Å²) in [7, 11) is 3.54. The van der Waals surface area contributed by atoms with Gasteiger partial charge in [0.05, 0.1) is 7.11 Å². The summed E-state index contributed by atoms with van der Waals surface area (Å²) >= 11 is 0. The first-order valence-corrected chi connectivity index (χ1v) is 8.87. The van der Waals surface area contributed by atoms with E-state index in [9.17, 15) is 4.79 Å². The average Bonchev–Trinajstić information content (AvgIpc) is 3.30. The van der Waals surface area contributed by atoms with Crippen LogP contribution in [0.2, 0.25) is 0 Å². The first kappa shape index (κ1) is 17.6. The summed E-state index contributed by atoms with van der Waals surface area (Å²) in [5.74, 6) is 2.01. The van der Waals surface area contributed by atoms with Crippen molar-refractivity contribution in [2.75, 3.05) is 40.3 Å². The average molecular weight is 344 g/mol. The molecule has 1 heterocycles. The standard InChI is InChI=1S/C19H28N4O2/c1-14(24)22-9-11-23(12-10-22)18(20-3)21-17-13-19(17,2)15-7-5-6-8-16(15)25-4/h5-8,17H,9-13H2,1-4H3,(H,20,21). The second-order valence-electron chi connectivity index (χ2n) is 7.06. The van der Waals surface area contributed by atoms with Crippen molar-refractivity contribution in [3.05, 3.63) is 29.8 Å². The zero-order valence-corrected chi connectivity index (χ0v) is 15.6. The summed E-state index contributed by atoms with van der Waals surface area (Å²) in [6, 6.07) is 8.58. The highest BCUT2D eigenvalue weighted by atomic mass is 16.5. The Morgan fingerprint density at radius 2 is 1.88 bits per heavy atom. The largest absolute Gasteiger partial charge is 0.496 e. The highest BCUT2D eigenvalue weighted by molar-refractivity contribution is 5.81. The Balaban J connectivity index is 1.64. The highest BCUT2D eigenvalue weighted by Crippen LogP contribution is 2.51. The van der Waals surface area contributed by atoms with Gasteiger partial charge < -0.3 is 19.9 Å². The third kappa shape index (κ3) is 3.43. The van der Waals surface area contributed by atoms with Crippen molar-refractivity contribution in [3.8, 4) is 5.75 Å². The number of piperazine rings is 1. The van der Waals surface area contributed by atoms with Crippen LogP contribution in [0, 0.1) is 0 Å². The first-order chi connectivity index (χ1) is 12.0. The topological polar surface area (TPSA) is 57.2 Å². The molecule has 25 heavy (non-hydrogen) atoms. The fourth-order valence-corrected chi connectivity index (χ4v) is 3.68. The van der Waals surface area contributed by atoms with Gasteiger partial charge in [0.1, 0.15) is 5.75 Å². The van der Waals surface area contributed by atoms with E-state index in [0.717, 1.165) is 44.3 Å². The van der Waals surface area contributed by atoms with Crippen LogP contribution in [0.1, 0.15) is 25.8 Å². The number of hydrogen-bond donors (Lipinski definition) is 1. The van der Waals surface area contributed by atoms with E-state index >= 15 is 0 Å². The van der Waals surface area contributed by atoms with Crippen molar-refractivity contribution < 1.29 is 9.53 Å². The van der Waals surface area contributed by atoms with E-state index in [4.69, 9.17) is 4.74 Å². The molecule has 6 nitrogen and oxygen atoms in total. The molecule has 2 aliphatic rings. The number of carbonyl (C=O) groups excluding carboxylic acids is 1. The van der Waals surface area contributed by atoms with Gasteiger partial charge in [-0.1, -0.05) is 25.1 Å². The lowest BCUT2D eigenvalue weighted by Gasteiger charge is -2.36. The maximum Gasteiger partial charge on any atom is 0.219 e. The van der Waals surface area contributed by atoms with Crippen LogP contribution in [0.25, 0.3) is 0 Å². The van der Waals surface area contributed by atoms with Gasteiger partial charge in [-0.25, -0.2) is 0 Å². The molecule has 0 spiro atoms. The molecule has 2 unspecified atom stereocenters. The SMILES string of the molecule is CN=C(NC1CC1(C)c1ccccc1OC)N1CCN(C(C)=O)CC1. The molecule has 0 radical (unpaired) electrons. The van der Waals surface area contributed by atoms with E-state index in [1.165, 1.54) is 5.56 Å². The van der Waals surface area contributed by atoms with Crippen LogP contribution >= 0.6 is 0 Å². The van der Waals surface area contributed by atoms with Crippen LogP contribution in [-0.4, -0.2) is 68.0 Å². The molecule has 3 rings (SSSR count). The van der Waals surface area contributed by atoms with Crippen molar-refractivity contribution in [2.45, 2.75) is 31.7 Å². The summed E-state index contributed by atoms with van der Waals surface area (Å²) in [6.07, 6.45) is 1.06. The lowest BCUT2D eigenvalue weighted by atomic mass is 9.96. The number of hydrogen-bond acceptors (Lipinski definition) is 3. The molecule has 1 aliphatic carbocycles. The number of para-hydroxylation sites is 1. The fourth-order valence-electron chi connectivity index (χ4n) is 3.68. The van der Waals surface area contributed by atoms with Crippen molar-refractivity contribution in [2.24, 2.45) is 4.99 Å². The third-order valence-electron chi connectivity index (χ3n) is 5.50. The minimum atomic E-state index is 0.0593. The van der Waals surface area contributed by atoms with Crippen LogP contribution in [-0.2, 0) is 10.2 Å². The van der Waals surface area contributed by atoms with Crippen LogP contribution in [0.5, 0.6) is 5.75 Å². The van der Waals surface area contributed by atoms with Crippen LogP contribution in [0.4, 0.5) is 0 Å². The van der Waals surface area contributed by atoms with Crippen molar-refractivity contribution in [3.63, 3.8) is 0 Å². The summed E-state index contributed by atoms with van der Waals surface area (Å²) in [4.78, 5) is 20.1. The molecule has 1 aromatic rings. The van der Waals surface area contributed by atoms with Crippen molar-refractivity contribution in [1.29, 1.82) is 0 Å². The lowest BCUT2D eigenvalue weighted by Crippen LogP contribution is -2.54. The van der Waals surface area contributed by atoms with Gasteiger partial charge in [-0.15, -0.1) is 0 Å². The van der Waals surface area contributed by atoms with Crippen molar-refractivity contribution >= 4 is 11.9 Å². The number of benzene rings is 1. The summed E-state index contributed by atoms with van der Waals surface area (Å²) in [6.45, 7) is 7.04. The normalized spacial score (nSPS) is 26.4. The minimum absolute atomic E-state index is 0.0593. The number of methoxy groups -OCH3 is 1. The molecular formula is C19H28N4O2. The Hall–Kier alpha value is -2.24. The number of nitrogens with one attached hydrogen (secondary N) is 1. The molecule has 6 heteroatoms. The molecule has 0 bridgehead atoms. The monoisotopic (exact) mass is 344 g/mol. The van der Waals surface area contributed by atoms with Crippen LogP contribution in [0.3, 0.4) is 0 Å². The number of amides is 1. The molecule has 2 fully saturated rings. The number of carbonyl (C=O) groups is 1. The molecule has 1 saturated heterocycles. The number of nitrogens with zero attached hydrogens (tertiary/aromatic N) is 3. The second kappa shape index (κ2) is 6.94. The Labute approximate surface area is 149 Å². The van der Waals surface area contributed by atoms with Crippen LogP contribution in [0.15, 0.2) is 29.3 Å². The smallest absolute Gasteiger partial charge is 0.219 e. The fraction of sp³-hybridized carbons (Fsp3) is 0.579. The maximum atomic E-state index is 11.5. The Kier molecular flexibility index (Phi) is 4.88. The van der Waals surface area contributed by atoms with E-state index in [0.29, 0.717) is 6.04 Å². The van der Waals surface area contributed by atoms with Gasteiger partial charge in [0.15, 0.2) is 5.96 Å². The quantitative estimate of drug-likeness (QED) is 0.666. The van der Waals surface area contributed by atoms with Crippen LogP contribution < -0.4 is 10.1 Å². The van der Waals surface area contributed by atoms with E-state index < -0.39 is 0 Å². The van der Waals surface area contributed by atoms with Gasteiger partial charge in [0.2, 0.25) is 5.91 Å². The third-order valence-corrected chi connectivity index (χ3v) is 5.50. The molecule has 0 aromatic heterocycles. The Morgan fingerprint density at radius 1 is 1.24 bits per heavy atom. The summed E-state index contributed by atoms with van der Waals surface area (Å²) in [5.41, 5.74) is 1.30. The molecule has 2 atom stereocenters. The van der Waals surface area contributed by atoms with E-state index in [-0.39, 0.29) is 11.3 Å². The Morgan fingerprint density at radius 3 is 2.48 bits per heavy atom. The molecule has 1 aromatic carbocycles. The Bertz CT molecular complexity index is 667. The second-order valence-corrected chi connectivity index (χ2v) is 7.06. The van der Waals surface area contributed by atoms with Gasteiger partial charge in [-0.05, 0) is 12.5 Å². The minimum Gasteiger partial charge on any atom is -0.496 e. The highest BCUT2D eigenvalue weighted by Gasteiger charge is 2.53. The van der Waals surface area contributed by atoms with Gasteiger partial charge in [0.25, 0.3) is 0 Å². The molecule has 1 amide bonds. The summed E-state index contributed by atoms with van der Waals surface area (Å²) < 4.78 is 5.54. The predicted octanol–water partition coefficient (Wildman–Crippen LogP) is 1.46. The van der Waals surface area contributed by atoms with Gasteiger partial charge >= 0.3 is 0 Å². The predicted molar refractivity (Wildman–Crippen MR) is 99.1 cm³/mol. The number of rotatable bonds is 3. The van der Waals surface area contributed by atoms with E-state index in [1.54, 1.807) is 14.0 Å². The lowest BCUT2D eigenvalue weighted by molar-refractivity contribution is -0.130. The molecular weight excluding hydrogens is 316 g/mol. The number of aliphatic imine (C=N–C) groups is 1. The van der Waals surface area contributed by atoms with Gasteiger partial charge in [-0.3, -0.25) is 9.79 Å². The summed E-state index contributed by atoms with van der Waals surface area (Å²) in [5, 5.41) is 3.61. The molecule has 1 N–H and O–H groups in total. The number of ether oxygens (including phenoxy) is 1. The first-order valence-electron chi connectivity index (χ1n) is 8.87. The zero-order chi connectivity index (χ0) is 18.0. The van der Waals surface area contributed by atoms with Gasteiger partial charge in [0, 0.05) is 57.2 Å². The van der Waals surface area contributed by atoms with Gasteiger partial charge in [-0.2, -0.15) is 0 Å². The maximum absolute atomic E-state index is 11.5. The molecule has 1 saturated carbocycles. The zero-order valence-electron chi connectivity index (χ0n) is 15.6. The molecule has 1 aliphatic heterocycles. The molecule has 136 valence electrons. The number of guanidine groups is 1. The van der Waals surface area contributed by atoms with E-state index in [1.807, 2.05) is 24.1 Å².